The summed E-state index contributed by atoms with van der Waals surface area (Å²) in [7, 11) is 1.37. The highest BCUT2D eigenvalue weighted by atomic mass is 32.1. The fourth-order valence-corrected chi connectivity index (χ4v) is 3.71. The molecule has 0 aliphatic carbocycles. The van der Waals surface area contributed by atoms with E-state index in [0.717, 1.165) is 20.7 Å². The van der Waals surface area contributed by atoms with Crippen LogP contribution in [0.1, 0.15) is 10.4 Å². The van der Waals surface area contributed by atoms with E-state index in [9.17, 15) is 4.79 Å². The fraction of sp³-hybridized carbons (Fsp3) is 0.0500. The molecule has 1 N–H and O–H groups in total. The third-order valence-corrected chi connectivity index (χ3v) is 5.07. The van der Waals surface area contributed by atoms with Crippen molar-refractivity contribution in [2.75, 3.05) is 12.4 Å². The smallest absolute Gasteiger partial charge is 0.339 e. The molecule has 0 spiro atoms. The molecule has 0 saturated heterocycles. The van der Waals surface area contributed by atoms with Crippen molar-refractivity contribution in [3.8, 4) is 10.4 Å². The Hall–Kier alpha value is -3.25. The molecule has 0 atom stereocenters. The molecule has 0 amide bonds. The molecule has 2 heterocycles. The molecule has 0 radical (unpaired) electrons. The van der Waals surface area contributed by atoms with Gasteiger partial charge in [-0.05, 0) is 23.8 Å². The van der Waals surface area contributed by atoms with Crippen LogP contribution in [0.25, 0.3) is 20.7 Å². The number of carbonyl (C=O) groups is 1. The van der Waals surface area contributed by atoms with Gasteiger partial charge in [0.25, 0.3) is 0 Å². The topological polar surface area (TPSA) is 64.1 Å². The number of rotatable bonds is 4. The first-order valence-electron chi connectivity index (χ1n) is 8.00. The Kier molecular flexibility index (Phi) is 4.33. The largest absolute Gasteiger partial charge is 0.465 e. The molecule has 26 heavy (non-hydrogen) atoms. The number of ether oxygens (including phenoxy) is 1. The first kappa shape index (κ1) is 16.2. The third-order valence-electron chi connectivity index (χ3n) is 3.97. The van der Waals surface area contributed by atoms with Crippen molar-refractivity contribution in [2.45, 2.75) is 0 Å². The molecule has 6 heteroatoms. The molecule has 0 saturated carbocycles. The van der Waals surface area contributed by atoms with Crippen LogP contribution in [0.4, 0.5) is 11.5 Å². The minimum atomic E-state index is -0.395. The molecule has 4 aromatic rings. The first-order chi connectivity index (χ1) is 12.8. The number of aromatic nitrogens is 2. The number of para-hydroxylation sites is 1. The van der Waals surface area contributed by atoms with Crippen LogP contribution < -0.4 is 5.32 Å². The van der Waals surface area contributed by atoms with E-state index in [0.29, 0.717) is 17.1 Å². The number of nitrogens with one attached hydrogen (secondary N) is 1. The van der Waals surface area contributed by atoms with Gasteiger partial charge in [0.1, 0.15) is 17.0 Å². The number of carbonyl (C=O) groups excluding carboxylic acids is 1. The SMILES string of the molecule is COC(=O)c1ccccc1Nc1ncnc2sc(-c3ccccc3)cc12. The average molecular weight is 361 g/mol. The molecule has 5 nitrogen and oxygen atoms in total. The van der Waals surface area contributed by atoms with Gasteiger partial charge in [-0.15, -0.1) is 11.3 Å². The second-order valence-corrected chi connectivity index (χ2v) is 6.61. The number of methoxy groups -OCH3 is 1. The molecule has 0 aliphatic rings. The normalized spacial score (nSPS) is 10.7. The van der Waals surface area contributed by atoms with Gasteiger partial charge < -0.3 is 10.1 Å². The third kappa shape index (κ3) is 3.02. The minimum absolute atomic E-state index is 0.395. The summed E-state index contributed by atoms with van der Waals surface area (Å²) in [6, 6.07) is 19.4. The monoisotopic (exact) mass is 361 g/mol. The number of hydrogen-bond acceptors (Lipinski definition) is 6. The Morgan fingerprint density at radius 1 is 1.04 bits per heavy atom. The number of fused-ring (bicyclic) bond motifs is 1. The first-order valence-corrected chi connectivity index (χ1v) is 8.82. The summed E-state index contributed by atoms with van der Waals surface area (Å²) >= 11 is 1.61. The highest BCUT2D eigenvalue weighted by molar-refractivity contribution is 7.21. The van der Waals surface area contributed by atoms with E-state index in [-0.39, 0.29) is 0 Å². The lowest BCUT2D eigenvalue weighted by molar-refractivity contribution is 0.0602. The highest BCUT2D eigenvalue weighted by Gasteiger charge is 2.14. The number of nitrogens with zero attached hydrogens (tertiary/aromatic N) is 2. The second kappa shape index (κ2) is 6.93. The van der Waals surface area contributed by atoms with Crippen LogP contribution in [0.2, 0.25) is 0 Å². The fourth-order valence-electron chi connectivity index (χ4n) is 2.71. The summed E-state index contributed by atoms with van der Waals surface area (Å²) in [5.41, 5.74) is 2.24. The highest BCUT2D eigenvalue weighted by Crippen LogP contribution is 2.36. The van der Waals surface area contributed by atoms with Gasteiger partial charge in [-0.1, -0.05) is 42.5 Å². The lowest BCUT2D eigenvalue weighted by Crippen LogP contribution is -2.06. The summed E-state index contributed by atoms with van der Waals surface area (Å²) in [4.78, 5) is 22.7. The van der Waals surface area contributed by atoms with Crippen LogP contribution in [0.3, 0.4) is 0 Å². The number of thiophene rings is 1. The van der Waals surface area contributed by atoms with Gasteiger partial charge in [0, 0.05) is 4.88 Å². The molecule has 4 rings (SSSR count). The van der Waals surface area contributed by atoms with Crippen molar-refractivity contribution in [2.24, 2.45) is 0 Å². The van der Waals surface area contributed by atoms with Crippen molar-refractivity contribution in [3.63, 3.8) is 0 Å². The van der Waals surface area contributed by atoms with Gasteiger partial charge in [-0.2, -0.15) is 0 Å². The Balaban J connectivity index is 1.77. The Morgan fingerprint density at radius 3 is 2.62 bits per heavy atom. The van der Waals surface area contributed by atoms with Crippen LogP contribution >= 0.6 is 11.3 Å². The predicted molar refractivity (Wildman–Crippen MR) is 104 cm³/mol. The van der Waals surface area contributed by atoms with Gasteiger partial charge in [-0.25, -0.2) is 14.8 Å². The van der Waals surface area contributed by atoms with Crippen molar-refractivity contribution in [1.29, 1.82) is 0 Å². The Bertz CT molecular complexity index is 1080. The second-order valence-electron chi connectivity index (χ2n) is 5.58. The summed E-state index contributed by atoms with van der Waals surface area (Å²) in [6.07, 6.45) is 1.52. The summed E-state index contributed by atoms with van der Waals surface area (Å²) in [5.74, 6) is 0.262. The van der Waals surface area contributed by atoms with Gasteiger partial charge >= 0.3 is 5.97 Å². The molecule has 128 valence electrons. The van der Waals surface area contributed by atoms with Crippen molar-refractivity contribution < 1.29 is 9.53 Å². The predicted octanol–water partition coefficient (Wildman–Crippen LogP) is 4.89. The van der Waals surface area contributed by atoms with Crippen LogP contribution in [0.15, 0.2) is 67.0 Å². The zero-order chi connectivity index (χ0) is 17.9. The van der Waals surface area contributed by atoms with E-state index in [1.807, 2.05) is 30.3 Å². The maximum atomic E-state index is 12.0. The lowest BCUT2D eigenvalue weighted by Gasteiger charge is -2.10. The summed E-state index contributed by atoms with van der Waals surface area (Å²) in [5, 5.41) is 4.16. The average Bonchev–Trinajstić information content (AvgIpc) is 3.14. The Morgan fingerprint density at radius 2 is 1.81 bits per heavy atom. The lowest BCUT2D eigenvalue weighted by atomic mass is 10.1. The van der Waals surface area contributed by atoms with Crippen LogP contribution in [-0.2, 0) is 4.74 Å². The molecule has 0 aliphatic heterocycles. The maximum Gasteiger partial charge on any atom is 0.339 e. The van der Waals surface area contributed by atoms with Crippen LogP contribution in [0.5, 0.6) is 0 Å². The minimum Gasteiger partial charge on any atom is -0.465 e. The summed E-state index contributed by atoms with van der Waals surface area (Å²) < 4.78 is 4.85. The van der Waals surface area contributed by atoms with E-state index < -0.39 is 5.97 Å². The standard InChI is InChI=1S/C20H15N3O2S/c1-25-20(24)14-9-5-6-10-16(14)23-18-15-11-17(13-7-3-2-4-8-13)26-19(15)22-12-21-18/h2-12H,1H3,(H,21,22,23). The zero-order valence-electron chi connectivity index (χ0n) is 14.0. The molecule has 0 fully saturated rings. The van der Waals surface area contributed by atoms with Crippen LogP contribution in [-0.4, -0.2) is 23.0 Å². The Labute approximate surface area is 154 Å². The molecule has 2 aromatic carbocycles. The van der Waals surface area contributed by atoms with E-state index in [1.54, 1.807) is 23.5 Å². The van der Waals surface area contributed by atoms with E-state index >= 15 is 0 Å². The molecule has 0 unspecified atom stereocenters. The van der Waals surface area contributed by atoms with Gasteiger partial charge in [0.05, 0.1) is 23.7 Å². The summed E-state index contributed by atoms with van der Waals surface area (Å²) in [6.45, 7) is 0. The molecule has 2 aromatic heterocycles. The van der Waals surface area contributed by atoms with Gasteiger partial charge in [0.2, 0.25) is 0 Å². The number of esters is 1. The van der Waals surface area contributed by atoms with Crippen molar-refractivity contribution in [3.05, 3.63) is 72.6 Å². The molecular formula is C20H15N3O2S. The van der Waals surface area contributed by atoms with Gasteiger partial charge in [-0.3, -0.25) is 0 Å². The number of benzene rings is 2. The maximum absolute atomic E-state index is 12.0. The number of anilines is 2. The van der Waals surface area contributed by atoms with Gasteiger partial charge in [0.15, 0.2) is 0 Å². The van der Waals surface area contributed by atoms with E-state index in [4.69, 9.17) is 4.74 Å². The number of hydrogen-bond donors (Lipinski definition) is 1. The van der Waals surface area contributed by atoms with E-state index in [1.165, 1.54) is 13.4 Å². The van der Waals surface area contributed by atoms with Crippen molar-refractivity contribution >= 4 is 39.0 Å². The molecule has 0 bridgehead atoms. The molecular weight excluding hydrogens is 346 g/mol. The van der Waals surface area contributed by atoms with Crippen LogP contribution in [0, 0.1) is 0 Å². The van der Waals surface area contributed by atoms with E-state index in [2.05, 4.69) is 33.5 Å². The quantitative estimate of drug-likeness (QED) is 0.524. The zero-order valence-corrected chi connectivity index (χ0v) is 14.8. The van der Waals surface area contributed by atoms with Crippen molar-refractivity contribution in [1.82, 2.24) is 9.97 Å².